The van der Waals surface area contributed by atoms with E-state index < -0.39 is 11.8 Å². The fraction of sp³-hybridized carbons (Fsp3) is 0.250. The Morgan fingerprint density at radius 3 is 2.61 bits per heavy atom. The zero-order valence-electron chi connectivity index (χ0n) is 11.9. The average molecular weight is 337 g/mol. The number of aromatic nitrogens is 4. The summed E-state index contributed by atoms with van der Waals surface area (Å²) >= 11 is 4.98. The molecule has 23 heavy (non-hydrogen) atoms. The summed E-state index contributed by atoms with van der Waals surface area (Å²) in [7, 11) is 0. The van der Waals surface area contributed by atoms with Gasteiger partial charge in [-0.15, -0.1) is 0 Å². The van der Waals surface area contributed by atoms with Crippen molar-refractivity contribution >= 4 is 24.0 Å². The van der Waals surface area contributed by atoms with Crippen LogP contribution < -0.4 is 16.5 Å². The van der Waals surface area contributed by atoms with Gasteiger partial charge in [0, 0.05) is 18.7 Å². The molecular weight excluding hydrogens is 322 g/mol. The normalized spacial score (nSPS) is 11.7. The first-order valence-corrected chi connectivity index (χ1v) is 7.00. The summed E-state index contributed by atoms with van der Waals surface area (Å²) < 4.78 is 1.75. The largest absolute Gasteiger partial charge is 0.351 e. The molecule has 1 aromatic heterocycles. The zero-order chi connectivity index (χ0) is 16.8. The first kappa shape index (κ1) is 16.7. The highest BCUT2D eigenvalue weighted by Gasteiger charge is 2.17. The number of hydroxylamine groups is 1. The monoisotopic (exact) mass is 337 g/mol. The number of nitrogens with zero attached hydrogens (tertiary/aromatic N) is 3. The minimum atomic E-state index is -0.711. The highest BCUT2D eigenvalue weighted by Crippen LogP contribution is 2.08. The molecule has 122 valence electrons. The van der Waals surface area contributed by atoms with Crippen molar-refractivity contribution in [2.45, 2.75) is 0 Å². The van der Waals surface area contributed by atoms with E-state index in [9.17, 15) is 9.59 Å². The molecule has 10 nitrogen and oxygen atoms in total. The summed E-state index contributed by atoms with van der Waals surface area (Å²) in [5.41, 5.74) is 7.99. The average Bonchev–Trinajstić information content (AvgIpc) is 3.01. The third-order valence-electron chi connectivity index (χ3n) is 3.13. The molecule has 0 bridgehead atoms. The van der Waals surface area contributed by atoms with Crippen molar-refractivity contribution in [3.05, 3.63) is 34.6 Å². The molecule has 1 unspecified atom stereocenters. The minimum absolute atomic E-state index is 0.00329. The van der Waals surface area contributed by atoms with Crippen molar-refractivity contribution in [3.8, 4) is 5.69 Å². The first-order valence-electron chi connectivity index (χ1n) is 6.59. The van der Waals surface area contributed by atoms with Crippen molar-refractivity contribution in [1.82, 2.24) is 31.0 Å². The van der Waals surface area contributed by atoms with Gasteiger partial charge >= 0.3 is 0 Å². The van der Waals surface area contributed by atoms with Crippen LogP contribution in [0.4, 0.5) is 0 Å². The van der Waals surface area contributed by atoms with E-state index in [1.807, 2.05) is 0 Å². The van der Waals surface area contributed by atoms with Crippen LogP contribution in [0.1, 0.15) is 10.4 Å². The number of carbonyl (C=O) groups is 2. The van der Waals surface area contributed by atoms with Gasteiger partial charge in [0.15, 0.2) is 0 Å². The van der Waals surface area contributed by atoms with E-state index in [1.165, 1.54) is 10.2 Å². The Labute approximate surface area is 135 Å². The van der Waals surface area contributed by atoms with Gasteiger partial charge in [0.25, 0.3) is 5.91 Å². The SMILES string of the molecule is NCC(CNC(=O)c1ccc(-n2[nH]nnc2=S)cc1)C(=O)NO. The highest BCUT2D eigenvalue weighted by atomic mass is 32.1. The maximum absolute atomic E-state index is 12.0. The Hall–Kier alpha value is -2.63. The van der Waals surface area contributed by atoms with Gasteiger partial charge in [0.1, 0.15) is 0 Å². The number of hydrogen-bond donors (Lipinski definition) is 5. The summed E-state index contributed by atoms with van der Waals surface area (Å²) in [6, 6.07) is 6.53. The van der Waals surface area contributed by atoms with Crippen LogP contribution in [0, 0.1) is 10.7 Å². The number of hydrogen-bond acceptors (Lipinski definition) is 7. The third kappa shape index (κ3) is 3.97. The van der Waals surface area contributed by atoms with Gasteiger partial charge in [-0.1, -0.05) is 10.3 Å². The van der Waals surface area contributed by atoms with Crippen LogP contribution in [0.3, 0.4) is 0 Å². The number of carbonyl (C=O) groups excluding carboxylic acids is 2. The third-order valence-corrected chi connectivity index (χ3v) is 3.40. The van der Waals surface area contributed by atoms with Gasteiger partial charge in [-0.3, -0.25) is 14.8 Å². The summed E-state index contributed by atoms with van der Waals surface area (Å²) in [5.74, 6) is -1.73. The van der Waals surface area contributed by atoms with E-state index in [4.69, 9.17) is 23.2 Å². The Morgan fingerprint density at radius 1 is 1.39 bits per heavy atom. The van der Waals surface area contributed by atoms with Crippen LogP contribution in [-0.2, 0) is 4.79 Å². The van der Waals surface area contributed by atoms with Gasteiger partial charge in [-0.25, -0.2) is 10.2 Å². The van der Waals surface area contributed by atoms with Crippen molar-refractivity contribution in [2.24, 2.45) is 11.7 Å². The van der Waals surface area contributed by atoms with Gasteiger partial charge in [-0.05, 0) is 36.5 Å². The van der Waals surface area contributed by atoms with Crippen LogP contribution in [-0.4, -0.2) is 50.3 Å². The molecule has 0 spiro atoms. The van der Waals surface area contributed by atoms with E-state index in [2.05, 4.69) is 20.8 Å². The van der Waals surface area contributed by atoms with E-state index in [0.717, 1.165) is 0 Å². The quantitative estimate of drug-likeness (QED) is 0.261. The topological polar surface area (TPSA) is 151 Å². The smallest absolute Gasteiger partial charge is 0.251 e. The second kappa shape index (κ2) is 7.58. The Kier molecular flexibility index (Phi) is 5.51. The summed E-state index contributed by atoms with van der Waals surface area (Å²) in [5, 5.41) is 21.0. The lowest BCUT2D eigenvalue weighted by Crippen LogP contribution is -2.41. The summed E-state index contributed by atoms with van der Waals surface area (Å²) in [4.78, 5) is 23.3. The molecule has 1 aromatic carbocycles. The van der Waals surface area contributed by atoms with Crippen molar-refractivity contribution in [3.63, 3.8) is 0 Å². The molecule has 11 heteroatoms. The van der Waals surface area contributed by atoms with Crippen LogP contribution in [0.2, 0.25) is 0 Å². The molecule has 0 aliphatic heterocycles. The number of nitrogens with two attached hydrogens (primary N) is 1. The molecule has 1 heterocycles. The van der Waals surface area contributed by atoms with Crippen LogP contribution >= 0.6 is 12.2 Å². The molecule has 2 amide bonds. The highest BCUT2D eigenvalue weighted by molar-refractivity contribution is 7.71. The molecule has 0 aliphatic carbocycles. The van der Waals surface area contributed by atoms with E-state index >= 15 is 0 Å². The molecule has 0 radical (unpaired) electrons. The van der Waals surface area contributed by atoms with Gasteiger partial charge in [0.05, 0.1) is 11.6 Å². The standard InChI is InChI=1S/C12H15N7O3S/c13-5-8(11(21)16-22)6-14-10(20)7-1-3-9(4-2-7)19-12(23)15-17-18-19/h1-4,8,22H,5-6,13H2,(H,14,20)(H,16,21)(H,15,18,23). The maximum Gasteiger partial charge on any atom is 0.251 e. The first-order chi connectivity index (χ1) is 11.1. The van der Waals surface area contributed by atoms with Gasteiger partial charge in [-0.2, -0.15) is 5.21 Å². The van der Waals surface area contributed by atoms with Crippen LogP contribution in [0.15, 0.2) is 24.3 Å². The lowest BCUT2D eigenvalue weighted by atomic mass is 10.1. The number of H-pyrrole nitrogens is 1. The number of amides is 2. The lowest BCUT2D eigenvalue weighted by molar-refractivity contribution is -0.132. The molecule has 0 fully saturated rings. The van der Waals surface area contributed by atoms with E-state index in [-0.39, 0.29) is 23.8 Å². The fourth-order valence-corrected chi connectivity index (χ4v) is 2.01. The Bertz CT molecular complexity index is 740. The molecule has 0 saturated heterocycles. The molecule has 6 N–H and O–H groups in total. The second-order valence-corrected chi connectivity index (χ2v) is 4.95. The number of benzene rings is 1. The molecule has 0 aliphatic rings. The number of rotatable bonds is 6. The predicted octanol–water partition coefficient (Wildman–Crippen LogP) is -0.865. The number of tetrazole rings is 1. The van der Waals surface area contributed by atoms with Crippen molar-refractivity contribution in [2.75, 3.05) is 13.1 Å². The van der Waals surface area contributed by atoms with Gasteiger partial charge < -0.3 is 11.1 Å². The minimum Gasteiger partial charge on any atom is -0.351 e. The van der Waals surface area contributed by atoms with Crippen LogP contribution in [0.25, 0.3) is 5.69 Å². The van der Waals surface area contributed by atoms with Crippen molar-refractivity contribution < 1.29 is 14.8 Å². The van der Waals surface area contributed by atoms with Crippen molar-refractivity contribution in [1.29, 1.82) is 0 Å². The zero-order valence-corrected chi connectivity index (χ0v) is 12.7. The fourth-order valence-electron chi connectivity index (χ4n) is 1.82. The Morgan fingerprint density at radius 2 is 2.09 bits per heavy atom. The van der Waals surface area contributed by atoms with E-state index in [0.29, 0.717) is 11.3 Å². The predicted molar refractivity (Wildman–Crippen MR) is 81.4 cm³/mol. The van der Waals surface area contributed by atoms with Crippen LogP contribution in [0.5, 0.6) is 0 Å². The molecule has 2 aromatic rings. The number of aromatic amines is 1. The van der Waals surface area contributed by atoms with E-state index in [1.54, 1.807) is 24.3 Å². The van der Waals surface area contributed by atoms with Gasteiger partial charge in [0.2, 0.25) is 10.7 Å². The molecular formula is C12H15N7O3S. The summed E-state index contributed by atoms with van der Waals surface area (Å²) in [6.45, 7) is 0.00961. The lowest BCUT2D eigenvalue weighted by Gasteiger charge is -2.13. The maximum atomic E-state index is 12.0. The molecule has 0 saturated carbocycles. The second-order valence-electron chi connectivity index (χ2n) is 4.58. The Balaban J connectivity index is 2.02. The molecule has 2 rings (SSSR count). The number of nitrogens with one attached hydrogen (secondary N) is 3. The molecule has 1 atom stereocenters. The summed E-state index contributed by atoms with van der Waals surface area (Å²) in [6.07, 6.45) is 0.